The quantitative estimate of drug-likeness (QED) is 0.658. The second kappa shape index (κ2) is 5.28. The summed E-state index contributed by atoms with van der Waals surface area (Å²) in [5.41, 5.74) is 0. The topological polar surface area (TPSA) is 56.6 Å². The molecule has 0 spiro atoms. The summed E-state index contributed by atoms with van der Waals surface area (Å²) in [5, 5.41) is 8.76. The van der Waals surface area contributed by atoms with Gasteiger partial charge in [-0.1, -0.05) is 0 Å². The molecular formula is C11H17N3O2. The van der Waals surface area contributed by atoms with Crippen molar-refractivity contribution in [2.24, 2.45) is 5.92 Å². The van der Waals surface area contributed by atoms with Crippen LogP contribution >= 0.6 is 0 Å². The Labute approximate surface area is 95.6 Å². The summed E-state index contributed by atoms with van der Waals surface area (Å²) in [6.45, 7) is 5.72. The van der Waals surface area contributed by atoms with Gasteiger partial charge in [0.2, 0.25) is 5.91 Å². The third-order valence-corrected chi connectivity index (χ3v) is 3.19. The molecule has 0 saturated carbocycles. The molecule has 2 aliphatic rings. The highest BCUT2D eigenvalue weighted by molar-refractivity contribution is 5.79. The molecule has 0 N–H and O–H groups in total. The lowest BCUT2D eigenvalue weighted by Gasteiger charge is -2.28. The molecule has 5 nitrogen and oxygen atoms in total. The second-order valence-corrected chi connectivity index (χ2v) is 4.32. The van der Waals surface area contributed by atoms with Crippen molar-refractivity contribution in [2.75, 3.05) is 45.9 Å². The smallest absolute Gasteiger partial charge is 0.224 e. The lowest BCUT2D eigenvalue weighted by molar-refractivity contribution is -0.128. The van der Waals surface area contributed by atoms with Crippen molar-refractivity contribution in [1.29, 1.82) is 5.26 Å². The van der Waals surface area contributed by atoms with E-state index in [4.69, 9.17) is 10.00 Å². The Morgan fingerprint density at radius 3 is 2.75 bits per heavy atom. The molecule has 2 saturated heterocycles. The zero-order valence-corrected chi connectivity index (χ0v) is 9.39. The molecule has 0 bridgehead atoms. The summed E-state index contributed by atoms with van der Waals surface area (Å²) in [5.74, 6) is 0.0250. The minimum Gasteiger partial charge on any atom is -0.379 e. The van der Waals surface area contributed by atoms with E-state index in [1.807, 2.05) is 4.90 Å². The Bertz CT molecular complexity index is 294. The normalized spacial score (nSPS) is 27.1. The highest BCUT2D eigenvalue weighted by atomic mass is 16.5. The molecule has 0 radical (unpaired) electrons. The average molecular weight is 223 g/mol. The van der Waals surface area contributed by atoms with Crippen LogP contribution in [0.25, 0.3) is 0 Å². The maximum Gasteiger partial charge on any atom is 0.224 e. The average Bonchev–Trinajstić information content (AvgIpc) is 2.69. The van der Waals surface area contributed by atoms with E-state index < -0.39 is 0 Å². The number of hydrogen-bond donors (Lipinski definition) is 0. The Morgan fingerprint density at radius 1 is 1.38 bits per heavy atom. The first kappa shape index (κ1) is 11.4. The Balaban J connectivity index is 1.73. The maximum atomic E-state index is 11.5. The number of carbonyl (C=O) groups excluding carboxylic acids is 1. The first-order valence-electron chi connectivity index (χ1n) is 5.77. The lowest BCUT2D eigenvalue weighted by atomic mass is 10.1. The number of nitrogens with zero attached hydrogens (tertiary/aromatic N) is 3. The van der Waals surface area contributed by atoms with Crippen molar-refractivity contribution < 1.29 is 9.53 Å². The molecule has 0 aromatic carbocycles. The molecule has 2 aliphatic heterocycles. The molecule has 0 aliphatic carbocycles. The number of rotatable bonds is 3. The number of morpholine rings is 1. The second-order valence-electron chi connectivity index (χ2n) is 4.32. The SMILES string of the molecule is N#CC1CC(=O)N(CCN2CCOCC2)C1. The minimum absolute atomic E-state index is 0.0998. The van der Waals surface area contributed by atoms with Gasteiger partial charge in [-0.2, -0.15) is 5.26 Å². The van der Waals surface area contributed by atoms with Crippen LogP contribution in [-0.4, -0.2) is 61.6 Å². The van der Waals surface area contributed by atoms with Crippen LogP contribution in [0.5, 0.6) is 0 Å². The first-order chi connectivity index (χ1) is 7.79. The van der Waals surface area contributed by atoms with E-state index in [0.29, 0.717) is 13.0 Å². The third-order valence-electron chi connectivity index (χ3n) is 3.19. The van der Waals surface area contributed by atoms with E-state index in [0.717, 1.165) is 39.4 Å². The maximum absolute atomic E-state index is 11.5. The van der Waals surface area contributed by atoms with Gasteiger partial charge in [0.25, 0.3) is 0 Å². The van der Waals surface area contributed by atoms with Crippen LogP contribution in [0.3, 0.4) is 0 Å². The van der Waals surface area contributed by atoms with Crippen LogP contribution in [-0.2, 0) is 9.53 Å². The van der Waals surface area contributed by atoms with Gasteiger partial charge in [-0.3, -0.25) is 9.69 Å². The Morgan fingerprint density at radius 2 is 2.12 bits per heavy atom. The number of amides is 1. The molecular weight excluding hydrogens is 206 g/mol. The highest BCUT2D eigenvalue weighted by Crippen LogP contribution is 2.16. The minimum atomic E-state index is -0.0998. The fraction of sp³-hybridized carbons (Fsp3) is 0.818. The van der Waals surface area contributed by atoms with Crippen LogP contribution in [0, 0.1) is 17.2 Å². The summed E-state index contributed by atoms with van der Waals surface area (Å²) in [4.78, 5) is 15.7. The van der Waals surface area contributed by atoms with Crippen LogP contribution in [0.4, 0.5) is 0 Å². The van der Waals surface area contributed by atoms with E-state index in [1.165, 1.54) is 0 Å². The summed E-state index contributed by atoms with van der Waals surface area (Å²) < 4.78 is 5.26. The highest BCUT2D eigenvalue weighted by Gasteiger charge is 2.29. The molecule has 88 valence electrons. The van der Waals surface area contributed by atoms with Gasteiger partial charge in [0.05, 0.1) is 25.2 Å². The van der Waals surface area contributed by atoms with Gasteiger partial charge in [0.15, 0.2) is 0 Å². The summed E-state index contributed by atoms with van der Waals surface area (Å²) >= 11 is 0. The van der Waals surface area contributed by atoms with Gasteiger partial charge in [-0.05, 0) is 0 Å². The molecule has 1 amide bonds. The molecule has 16 heavy (non-hydrogen) atoms. The summed E-state index contributed by atoms with van der Waals surface area (Å²) in [6, 6.07) is 2.17. The van der Waals surface area contributed by atoms with Gasteiger partial charge in [-0.25, -0.2) is 0 Å². The number of nitriles is 1. The van der Waals surface area contributed by atoms with E-state index in [2.05, 4.69) is 11.0 Å². The van der Waals surface area contributed by atoms with Gasteiger partial charge in [0, 0.05) is 39.1 Å². The van der Waals surface area contributed by atoms with Crippen molar-refractivity contribution in [3.05, 3.63) is 0 Å². The van der Waals surface area contributed by atoms with E-state index in [1.54, 1.807) is 0 Å². The zero-order chi connectivity index (χ0) is 11.4. The molecule has 1 unspecified atom stereocenters. The Kier molecular flexibility index (Phi) is 3.75. The van der Waals surface area contributed by atoms with Crippen molar-refractivity contribution in [3.8, 4) is 6.07 Å². The van der Waals surface area contributed by atoms with E-state index >= 15 is 0 Å². The number of ether oxygens (including phenoxy) is 1. The molecule has 2 rings (SSSR count). The first-order valence-corrected chi connectivity index (χ1v) is 5.77. The van der Waals surface area contributed by atoms with Crippen LogP contribution in [0.15, 0.2) is 0 Å². The molecule has 2 fully saturated rings. The molecule has 1 atom stereocenters. The fourth-order valence-corrected chi connectivity index (χ4v) is 2.16. The monoisotopic (exact) mass is 223 g/mol. The third kappa shape index (κ3) is 2.71. The number of carbonyl (C=O) groups is 1. The molecule has 0 aromatic heterocycles. The van der Waals surface area contributed by atoms with Gasteiger partial charge < -0.3 is 9.64 Å². The largest absolute Gasteiger partial charge is 0.379 e. The number of likely N-dealkylation sites (tertiary alicyclic amines) is 1. The van der Waals surface area contributed by atoms with Crippen LogP contribution in [0.2, 0.25) is 0 Å². The van der Waals surface area contributed by atoms with Gasteiger partial charge in [-0.15, -0.1) is 0 Å². The van der Waals surface area contributed by atoms with Crippen molar-refractivity contribution in [3.63, 3.8) is 0 Å². The molecule has 2 heterocycles. The van der Waals surface area contributed by atoms with Crippen molar-refractivity contribution in [2.45, 2.75) is 6.42 Å². The molecule has 5 heteroatoms. The van der Waals surface area contributed by atoms with Gasteiger partial charge >= 0.3 is 0 Å². The standard InChI is InChI=1S/C11H17N3O2/c12-8-10-7-11(15)14(9-10)2-1-13-3-5-16-6-4-13/h10H,1-7,9H2. The van der Waals surface area contributed by atoms with Crippen LogP contribution < -0.4 is 0 Å². The Hall–Kier alpha value is -1.12. The lowest BCUT2D eigenvalue weighted by Crippen LogP contribution is -2.41. The van der Waals surface area contributed by atoms with E-state index in [-0.39, 0.29) is 11.8 Å². The van der Waals surface area contributed by atoms with Crippen LogP contribution in [0.1, 0.15) is 6.42 Å². The van der Waals surface area contributed by atoms with Gasteiger partial charge in [0.1, 0.15) is 0 Å². The predicted octanol–water partition coefficient (Wildman–Crippen LogP) is -0.309. The predicted molar refractivity (Wildman–Crippen MR) is 57.6 cm³/mol. The summed E-state index contributed by atoms with van der Waals surface area (Å²) in [7, 11) is 0. The zero-order valence-electron chi connectivity index (χ0n) is 9.39. The number of hydrogen-bond acceptors (Lipinski definition) is 4. The van der Waals surface area contributed by atoms with Crippen molar-refractivity contribution >= 4 is 5.91 Å². The van der Waals surface area contributed by atoms with E-state index in [9.17, 15) is 4.79 Å². The molecule has 0 aromatic rings. The summed E-state index contributed by atoms with van der Waals surface area (Å²) in [6.07, 6.45) is 0.402. The van der Waals surface area contributed by atoms with Crippen molar-refractivity contribution in [1.82, 2.24) is 9.80 Å². The fourth-order valence-electron chi connectivity index (χ4n) is 2.16.